The van der Waals surface area contributed by atoms with Gasteiger partial charge in [-0.15, -0.1) is 0 Å². The van der Waals surface area contributed by atoms with E-state index in [1.54, 1.807) is 0 Å². The zero-order valence-electron chi connectivity index (χ0n) is 11.0. The molecule has 0 aromatic rings. The van der Waals surface area contributed by atoms with Gasteiger partial charge < -0.3 is 10.1 Å². The minimum atomic E-state index is -0.235. The lowest BCUT2D eigenvalue weighted by Crippen LogP contribution is -2.32. The second kappa shape index (κ2) is 6.76. The molecule has 0 spiro atoms. The van der Waals surface area contributed by atoms with Gasteiger partial charge in [0.1, 0.15) is 0 Å². The van der Waals surface area contributed by atoms with Crippen molar-refractivity contribution in [2.45, 2.75) is 51.4 Å². The van der Waals surface area contributed by atoms with Crippen molar-refractivity contribution < 1.29 is 14.3 Å². The summed E-state index contributed by atoms with van der Waals surface area (Å²) in [5, 5.41) is 2.88. The van der Waals surface area contributed by atoms with Crippen LogP contribution >= 0.6 is 0 Å². The molecule has 0 aromatic heterocycles. The summed E-state index contributed by atoms with van der Waals surface area (Å²) in [5.41, 5.74) is 0. The zero-order chi connectivity index (χ0) is 12.8. The number of hydrogen-bond donors (Lipinski definition) is 1. The van der Waals surface area contributed by atoms with Crippen molar-refractivity contribution in [2.24, 2.45) is 11.8 Å². The molecule has 2 fully saturated rings. The van der Waals surface area contributed by atoms with E-state index in [1.165, 1.54) is 38.5 Å². The summed E-state index contributed by atoms with van der Waals surface area (Å²) in [6, 6.07) is 0. The number of esters is 1. The van der Waals surface area contributed by atoms with Crippen LogP contribution in [0.1, 0.15) is 51.4 Å². The van der Waals surface area contributed by atoms with Gasteiger partial charge in [-0.05, 0) is 37.5 Å². The van der Waals surface area contributed by atoms with Crippen molar-refractivity contribution in [3.63, 3.8) is 0 Å². The Morgan fingerprint density at radius 1 is 1.00 bits per heavy atom. The van der Waals surface area contributed by atoms with Gasteiger partial charge in [-0.2, -0.15) is 0 Å². The number of ether oxygens (including phenoxy) is 1. The summed E-state index contributed by atoms with van der Waals surface area (Å²) >= 11 is 0. The highest BCUT2D eigenvalue weighted by molar-refractivity contribution is 5.81. The predicted molar refractivity (Wildman–Crippen MR) is 67.9 cm³/mol. The summed E-state index contributed by atoms with van der Waals surface area (Å²) in [4.78, 5) is 22.9. The van der Waals surface area contributed by atoms with Crippen molar-refractivity contribution in [1.29, 1.82) is 0 Å². The standard InChI is InChI=1S/C14H23NO3/c16-13(15-9-11-3-1-4-11)7-8-14(17)18-10-12-5-2-6-12/h11-12H,1-10H2,(H,15,16). The quantitative estimate of drug-likeness (QED) is 0.706. The van der Waals surface area contributed by atoms with Crippen LogP contribution in [-0.4, -0.2) is 25.0 Å². The predicted octanol–water partition coefficient (Wildman–Crippen LogP) is 2.03. The minimum Gasteiger partial charge on any atom is -0.465 e. The Balaban J connectivity index is 1.47. The molecule has 0 atom stereocenters. The molecule has 4 heteroatoms. The second-order valence-electron chi connectivity index (χ2n) is 5.58. The zero-order valence-corrected chi connectivity index (χ0v) is 11.0. The van der Waals surface area contributed by atoms with Gasteiger partial charge in [-0.25, -0.2) is 0 Å². The lowest BCUT2D eigenvalue weighted by molar-refractivity contribution is -0.147. The SMILES string of the molecule is O=C(CCC(=O)OCC1CCC1)NCC1CCC1. The molecule has 0 saturated heterocycles. The molecule has 0 aliphatic heterocycles. The fraction of sp³-hybridized carbons (Fsp3) is 0.857. The highest BCUT2D eigenvalue weighted by Crippen LogP contribution is 2.26. The molecule has 2 aliphatic carbocycles. The number of hydrogen-bond acceptors (Lipinski definition) is 3. The summed E-state index contributed by atoms with van der Waals surface area (Å²) < 4.78 is 5.14. The molecule has 0 bridgehead atoms. The van der Waals surface area contributed by atoms with Gasteiger partial charge in [0.05, 0.1) is 13.0 Å². The maximum Gasteiger partial charge on any atom is 0.306 e. The van der Waals surface area contributed by atoms with E-state index in [-0.39, 0.29) is 24.7 Å². The molecule has 0 unspecified atom stereocenters. The smallest absolute Gasteiger partial charge is 0.306 e. The van der Waals surface area contributed by atoms with Gasteiger partial charge in [-0.1, -0.05) is 12.8 Å². The second-order valence-corrected chi connectivity index (χ2v) is 5.58. The van der Waals surface area contributed by atoms with Gasteiger partial charge in [0.2, 0.25) is 5.91 Å². The molecule has 18 heavy (non-hydrogen) atoms. The summed E-state index contributed by atoms with van der Waals surface area (Å²) in [7, 11) is 0. The van der Waals surface area contributed by atoms with Crippen LogP contribution < -0.4 is 5.32 Å². The molecule has 0 aromatic carbocycles. The number of amides is 1. The molecule has 1 N–H and O–H groups in total. The fourth-order valence-electron chi connectivity index (χ4n) is 2.20. The molecule has 2 rings (SSSR count). The van der Waals surface area contributed by atoms with Crippen molar-refractivity contribution in [2.75, 3.05) is 13.2 Å². The third-order valence-corrected chi connectivity index (χ3v) is 4.07. The van der Waals surface area contributed by atoms with Crippen molar-refractivity contribution in [1.82, 2.24) is 5.32 Å². The maximum atomic E-state index is 11.5. The van der Waals surface area contributed by atoms with Gasteiger partial charge in [-0.3, -0.25) is 9.59 Å². The van der Waals surface area contributed by atoms with Crippen LogP contribution in [-0.2, 0) is 14.3 Å². The average Bonchev–Trinajstić information content (AvgIpc) is 2.22. The van der Waals surface area contributed by atoms with E-state index in [0.29, 0.717) is 18.4 Å². The summed E-state index contributed by atoms with van der Waals surface area (Å²) in [6.45, 7) is 1.32. The van der Waals surface area contributed by atoms with Crippen molar-refractivity contribution in [3.8, 4) is 0 Å². The van der Waals surface area contributed by atoms with Crippen LogP contribution in [0.4, 0.5) is 0 Å². The first kappa shape index (κ1) is 13.4. The van der Waals surface area contributed by atoms with Gasteiger partial charge >= 0.3 is 5.97 Å². The Hall–Kier alpha value is -1.06. The van der Waals surface area contributed by atoms with Gasteiger partial charge in [0.25, 0.3) is 0 Å². The Morgan fingerprint density at radius 3 is 2.22 bits per heavy atom. The van der Waals surface area contributed by atoms with Crippen molar-refractivity contribution >= 4 is 11.9 Å². The van der Waals surface area contributed by atoms with Crippen LogP contribution in [0.15, 0.2) is 0 Å². The van der Waals surface area contributed by atoms with Crippen LogP contribution in [0.2, 0.25) is 0 Å². The third-order valence-electron chi connectivity index (χ3n) is 4.07. The third kappa shape index (κ3) is 4.31. The van der Waals surface area contributed by atoms with Gasteiger partial charge in [0, 0.05) is 13.0 Å². The molecule has 1 amide bonds. The van der Waals surface area contributed by atoms with E-state index < -0.39 is 0 Å². The maximum absolute atomic E-state index is 11.5. The lowest BCUT2D eigenvalue weighted by Gasteiger charge is -2.25. The minimum absolute atomic E-state index is 0.0255. The van der Waals surface area contributed by atoms with Crippen LogP contribution in [0.25, 0.3) is 0 Å². The number of carbonyl (C=O) groups excluding carboxylic acids is 2. The molecule has 102 valence electrons. The Morgan fingerprint density at radius 2 is 1.67 bits per heavy atom. The molecule has 0 heterocycles. The number of carbonyl (C=O) groups is 2. The largest absolute Gasteiger partial charge is 0.465 e. The first-order valence-electron chi connectivity index (χ1n) is 7.16. The van der Waals surface area contributed by atoms with E-state index in [4.69, 9.17) is 4.74 Å². The molecule has 2 saturated carbocycles. The highest BCUT2D eigenvalue weighted by Gasteiger charge is 2.20. The molecule has 2 aliphatic rings. The summed E-state index contributed by atoms with van der Waals surface area (Å²) in [5.74, 6) is 0.976. The number of nitrogens with one attached hydrogen (secondary N) is 1. The lowest BCUT2D eigenvalue weighted by atomic mass is 9.85. The van der Waals surface area contributed by atoms with Crippen LogP contribution in [0.5, 0.6) is 0 Å². The first-order chi connectivity index (χ1) is 8.74. The average molecular weight is 253 g/mol. The first-order valence-corrected chi connectivity index (χ1v) is 7.16. The summed E-state index contributed by atoms with van der Waals surface area (Å²) in [6.07, 6.45) is 7.82. The normalized spacial score (nSPS) is 19.8. The molecular formula is C14H23NO3. The molecule has 4 nitrogen and oxygen atoms in total. The van der Waals surface area contributed by atoms with Crippen molar-refractivity contribution in [3.05, 3.63) is 0 Å². The highest BCUT2D eigenvalue weighted by atomic mass is 16.5. The molecule has 0 radical (unpaired) electrons. The Kier molecular flexibility index (Phi) is 5.02. The van der Waals surface area contributed by atoms with E-state index in [9.17, 15) is 9.59 Å². The van der Waals surface area contributed by atoms with Gasteiger partial charge in [0.15, 0.2) is 0 Å². The fourth-order valence-corrected chi connectivity index (χ4v) is 2.20. The van der Waals surface area contributed by atoms with E-state index in [1.807, 2.05) is 0 Å². The Bertz CT molecular complexity index is 265. The monoisotopic (exact) mass is 253 g/mol. The van der Waals surface area contributed by atoms with E-state index in [0.717, 1.165) is 6.54 Å². The van der Waals surface area contributed by atoms with Crippen LogP contribution in [0.3, 0.4) is 0 Å². The van der Waals surface area contributed by atoms with Crippen LogP contribution in [0, 0.1) is 11.8 Å². The number of rotatable bonds is 7. The Labute approximate surface area is 108 Å². The molecular weight excluding hydrogens is 230 g/mol. The van der Waals surface area contributed by atoms with E-state index in [2.05, 4.69) is 5.32 Å². The topological polar surface area (TPSA) is 55.4 Å². The van der Waals surface area contributed by atoms with E-state index >= 15 is 0 Å².